The second-order valence-corrected chi connectivity index (χ2v) is 8.38. The SMILES string of the molecule is O=C(c1cc2c(ccc3ccccc32)[nH]1)N1CC(CCl)c2c1cc(O)c1ccccc21. The number of halogens is 1. The van der Waals surface area contributed by atoms with E-state index in [9.17, 15) is 9.90 Å². The summed E-state index contributed by atoms with van der Waals surface area (Å²) < 4.78 is 0. The van der Waals surface area contributed by atoms with E-state index in [-0.39, 0.29) is 17.6 Å². The standard InChI is InChI=1S/C26H19ClN2O2/c27-13-16-14-29(23-12-24(30)18-7-3-4-8-19(18)25(16)23)26(31)22-11-20-17-6-2-1-5-15(17)9-10-21(20)28-22/h1-12,16,28,30H,13-14H2. The van der Waals surface area contributed by atoms with Crippen molar-refractivity contribution in [3.05, 3.63) is 84.1 Å². The van der Waals surface area contributed by atoms with Crippen molar-refractivity contribution in [2.24, 2.45) is 0 Å². The van der Waals surface area contributed by atoms with Gasteiger partial charge in [0, 0.05) is 40.7 Å². The summed E-state index contributed by atoms with van der Waals surface area (Å²) in [5.74, 6) is 0.466. The summed E-state index contributed by atoms with van der Waals surface area (Å²) >= 11 is 6.31. The maximum absolute atomic E-state index is 13.6. The zero-order valence-electron chi connectivity index (χ0n) is 16.6. The summed E-state index contributed by atoms with van der Waals surface area (Å²) in [6.45, 7) is 0.487. The zero-order valence-corrected chi connectivity index (χ0v) is 17.4. The highest BCUT2D eigenvalue weighted by Gasteiger charge is 2.35. The number of benzene rings is 4. The summed E-state index contributed by atoms with van der Waals surface area (Å²) in [7, 11) is 0. The highest BCUT2D eigenvalue weighted by molar-refractivity contribution is 6.19. The molecule has 152 valence electrons. The van der Waals surface area contributed by atoms with Crippen molar-refractivity contribution in [3.63, 3.8) is 0 Å². The molecule has 31 heavy (non-hydrogen) atoms. The molecule has 1 amide bonds. The number of carbonyl (C=O) groups is 1. The minimum absolute atomic E-state index is 0.0105. The number of aromatic hydroxyl groups is 1. The fourth-order valence-corrected chi connectivity index (χ4v) is 5.14. The number of amides is 1. The molecule has 1 atom stereocenters. The van der Waals surface area contributed by atoms with E-state index in [2.05, 4.69) is 23.2 Å². The lowest BCUT2D eigenvalue weighted by Gasteiger charge is -2.17. The summed E-state index contributed by atoms with van der Waals surface area (Å²) in [6.07, 6.45) is 0. The van der Waals surface area contributed by atoms with Crippen molar-refractivity contribution in [2.75, 3.05) is 17.3 Å². The number of hydrogen-bond donors (Lipinski definition) is 2. The van der Waals surface area contributed by atoms with Gasteiger partial charge in [-0.25, -0.2) is 0 Å². The minimum Gasteiger partial charge on any atom is -0.507 e. The lowest BCUT2D eigenvalue weighted by Crippen LogP contribution is -2.30. The van der Waals surface area contributed by atoms with Crippen molar-refractivity contribution in [1.82, 2.24) is 4.98 Å². The van der Waals surface area contributed by atoms with Gasteiger partial charge in [-0.15, -0.1) is 11.6 Å². The fourth-order valence-electron chi connectivity index (χ4n) is 4.89. The van der Waals surface area contributed by atoms with Gasteiger partial charge >= 0.3 is 0 Å². The molecule has 1 aromatic heterocycles. The Labute approximate surface area is 183 Å². The second kappa shape index (κ2) is 6.76. The van der Waals surface area contributed by atoms with Crippen LogP contribution in [0.15, 0.2) is 72.8 Å². The van der Waals surface area contributed by atoms with Crippen LogP contribution in [-0.4, -0.2) is 28.4 Å². The van der Waals surface area contributed by atoms with E-state index in [1.54, 1.807) is 11.0 Å². The first-order chi connectivity index (χ1) is 15.2. The quantitative estimate of drug-likeness (QED) is 0.332. The summed E-state index contributed by atoms with van der Waals surface area (Å²) in [5, 5.41) is 15.6. The van der Waals surface area contributed by atoms with E-state index in [0.29, 0.717) is 18.1 Å². The number of alkyl halides is 1. The first-order valence-corrected chi connectivity index (χ1v) is 10.8. The third kappa shape index (κ3) is 2.65. The molecule has 6 rings (SSSR count). The molecule has 4 aromatic carbocycles. The lowest BCUT2D eigenvalue weighted by atomic mass is 9.95. The van der Waals surface area contributed by atoms with E-state index in [4.69, 9.17) is 11.6 Å². The first-order valence-electron chi connectivity index (χ1n) is 10.3. The van der Waals surface area contributed by atoms with E-state index < -0.39 is 0 Å². The smallest absolute Gasteiger partial charge is 0.274 e. The lowest BCUT2D eigenvalue weighted by molar-refractivity contribution is 0.0984. The van der Waals surface area contributed by atoms with Gasteiger partial charge < -0.3 is 15.0 Å². The molecule has 2 N–H and O–H groups in total. The zero-order chi connectivity index (χ0) is 21.1. The van der Waals surface area contributed by atoms with Crippen molar-refractivity contribution in [1.29, 1.82) is 0 Å². The van der Waals surface area contributed by atoms with Crippen molar-refractivity contribution in [2.45, 2.75) is 5.92 Å². The molecule has 2 heterocycles. The number of hydrogen-bond acceptors (Lipinski definition) is 2. The predicted molar refractivity (Wildman–Crippen MR) is 127 cm³/mol. The van der Waals surface area contributed by atoms with Gasteiger partial charge in [-0.3, -0.25) is 4.79 Å². The van der Waals surface area contributed by atoms with Crippen LogP contribution in [0.2, 0.25) is 0 Å². The third-order valence-corrected chi connectivity index (χ3v) is 6.71. The number of rotatable bonds is 2. The van der Waals surface area contributed by atoms with Crippen LogP contribution in [0.5, 0.6) is 5.75 Å². The van der Waals surface area contributed by atoms with E-state index in [1.807, 2.05) is 48.5 Å². The minimum atomic E-state index is -0.121. The molecule has 0 spiro atoms. The van der Waals surface area contributed by atoms with Gasteiger partial charge in [-0.1, -0.05) is 54.6 Å². The number of carbonyl (C=O) groups excluding carboxylic acids is 1. The second-order valence-electron chi connectivity index (χ2n) is 8.07. The van der Waals surface area contributed by atoms with Gasteiger partial charge in [0.15, 0.2) is 0 Å². The number of aromatic amines is 1. The number of H-pyrrole nitrogens is 1. The summed E-state index contributed by atoms with van der Waals surface area (Å²) in [6, 6.07) is 23.6. The monoisotopic (exact) mass is 426 g/mol. The molecule has 1 aliphatic heterocycles. The molecule has 1 unspecified atom stereocenters. The Hall–Kier alpha value is -3.50. The molecule has 4 nitrogen and oxygen atoms in total. The van der Waals surface area contributed by atoms with Crippen molar-refractivity contribution >= 4 is 55.6 Å². The Bertz CT molecular complexity index is 1500. The Balaban J connectivity index is 1.50. The van der Waals surface area contributed by atoms with E-state index in [1.165, 1.54) is 0 Å². The Kier molecular flexibility index (Phi) is 3.99. The highest BCUT2D eigenvalue weighted by atomic mass is 35.5. The van der Waals surface area contributed by atoms with Crippen molar-refractivity contribution < 1.29 is 9.90 Å². The normalized spacial score (nSPS) is 15.8. The van der Waals surface area contributed by atoms with Gasteiger partial charge in [-0.2, -0.15) is 0 Å². The van der Waals surface area contributed by atoms with Gasteiger partial charge in [0.25, 0.3) is 5.91 Å². The number of nitrogens with zero attached hydrogens (tertiary/aromatic N) is 1. The van der Waals surface area contributed by atoms with Crippen LogP contribution in [0.25, 0.3) is 32.4 Å². The molecule has 0 bridgehead atoms. The third-order valence-electron chi connectivity index (χ3n) is 6.34. The Morgan fingerprint density at radius 2 is 1.71 bits per heavy atom. The average Bonchev–Trinajstić information content (AvgIpc) is 3.41. The molecule has 5 heteroatoms. The van der Waals surface area contributed by atoms with Crippen LogP contribution >= 0.6 is 11.6 Å². The summed E-state index contributed by atoms with van der Waals surface area (Å²) in [5.41, 5.74) is 3.21. The number of nitrogens with one attached hydrogen (secondary N) is 1. The van der Waals surface area contributed by atoms with Crippen LogP contribution in [0.1, 0.15) is 22.0 Å². The van der Waals surface area contributed by atoms with Crippen molar-refractivity contribution in [3.8, 4) is 5.75 Å². The topological polar surface area (TPSA) is 56.3 Å². The van der Waals surface area contributed by atoms with E-state index in [0.717, 1.165) is 43.7 Å². The fraction of sp³-hybridized carbons (Fsp3) is 0.115. The maximum Gasteiger partial charge on any atom is 0.274 e. The molecule has 0 fully saturated rings. The molecule has 0 saturated heterocycles. The van der Waals surface area contributed by atoms with Crippen LogP contribution in [0.3, 0.4) is 0 Å². The number of aromatic nitrogens is 1. The van der Waals surface area contributed by atoms with Gasteiger partial charge in [0.1, 0.15) is 11.4 Å². The predicted octanol–water partition coefficient (Wildman–Crippen LogP) is 6.16. The first kappa shape index (κ1) is 18.3. The Morgan fingerprint density at radius 1 is 0.968 bits per heavy atom. The molecule has 5 aromatic rings. The van der Waals surface area contributed by atoms with Crippen LogP contribution < -0.4 is 4.90 Å². The number of phenols is 1. The van der Waals surface area contributed by atoms with Gasteiger partial charge in [-0.05, 0) is 33.9 Å². The summed E-state index contributed by atoms with van der Waals surface area (Å²) in [4.78, 5) is 18.6. The molecule has 0 radical (unpaired) electrons. The highest BCUT2D eigenvalue weighted by Crippen LogP contribution is 2.45. The molecular weight excluding hydrogens is 408 g/mol. The number of phenolic OH excluding ortho intramolecular Hbond substituents is 1. The van der Waals surface area contributed by atoms with Crippen LogP contribution in [-0.2, 0) is 0 Å². The van der Waals surface area contributed by atoms with Crippen LogP contribution in [0, 0.1) is 0 Å². The maximum atomic E-state index is 13.6. The number of fused-ring (bicyclic) bond motifs is 6. The largest absolute Gasteiger partial charge is 0.507 e. The average molecular weight is 427 g/mol. The van der Waals surface area contributed by atoms with Crippen LogP contribution in [0.4, 0.5) is 5.69 Å². The van der Waals surface area contributed by atoms with Gasteiger partial charge in [0.2, 0.25) is 0 Å². The van der Waals surface area contributed by atoms with E-state index >= 15 is 0 Å². The molecule has 0 saturated carbocycles. The molecule has 0 aliphatic carbocycles. The molecular formula is C26H19ClN2O2. The number of anilines is 1. The van der Waals surface area contributed by atoms with Gasteiger partial charge in [0.05, 0.1) is 5.69 Å². The Morgan fingerprint density at radius 3 is 2.52 bits per heavy atom. The molecule has 1 aliphatic rings.